The van der Waals surface area contributed by atoms with Gasteiger partial charge in [0.1, 0.15) is 11.7 Å². The molecule has 2 aromatic rings. The molecule has 100 valence electrons. The fraction of sp³-hybridized carbons (Fsp3) is 0.133. The average molecular weight is 331 g/mol. The van der Waals surface area contributed by atoms with E-state index in [1.807, 2.05) is 6.07 Å². The van der Waals surface area contributed by atoms with Crippen molar-refractivity contribution in [3.8, 4) is 11.8 Å². The van der Waals surface area contributed by atoms with Crippen molar-refractivity contribution in [1.29, 1.82) is 5.26 Å². The van der Waals surface area contributed by atoms with Crippen molar-refractivity contribution >= 4 is 21.7 Å². The van der Waals surface area contributed by atoms with Crippen LogP contribution in [0.3, 0.4) is 0 Å². The molecule has 0 aliphatic rings. The lowest BCUT2D eigenvalue weighted by Crippen LogP contribution is -2.12. The van der Waals surface area contributed by atoms with Gasteiger partial charge >= 0.3 is 0 Å². The van der Waals surface area contributed by atoms with E-state index in [2.05, 4.69) is 20.9 Å². The van der Waals surface area contributed by atoms with Gasteiger partial charge in [-0.3, -0.25) is 9.78 Å². The Morgan fingerprint density at radius 3 is 2.85 bits per heavy atom. The van der Waals surface area contributed by atoms with Crippen LogP contribution in [0, 0.1) is 11.3 Å². The number of hydrogen-bond donors (Lipinski definition) is 0. The van der Waals surface area contributed by atoms with E-state index in [0.717, 1.165) is 4.47 Å². The summed E-state index contributed by atoms with van der Waals surface area (Å²) < 4.78 is 6.01. The van der Waals surface area contributed by atoms with E-state index in [9.17, 15) is 10.1 Å². The minimum atomic E-state index is -0.890. The van der Waals surface area contributed by atoms with Crippen molar-refractivity contribution in [3.63, 3.8) is 0 Å². The number of halogens is 1. The molecule has 0 saturated carbocycles. The highest BCUT2D eigenvalue weighted by molar-refractivity contribution is 9.10. The minimum Gasteiger partial charge on any atom is -0.496 e. The van der Waals surface area contributed by atoms with E-state index in [1.165, 1.54) is 13.3 Å². The number of pyridine rings is 1. The maximum absolute atomic E-state index is 12.5. The van der Waals surface area contributed by atoms with Crippen LogP contribution in [0.15, 0.2) is 47.2 Å². The van der Waals surface area contributed by atoms with Crippen LogP contribution in [0.25, 0.3) is 0 Å². The molecule has 0 aliphatic heterocycles. The fourth-order valence-electron chi connectivity index (χ4n) is 1.86. The van der Waals surface area contributed by atoms with Gasteiger partial charge in [-0.2, -0.15) is 5.26 Å². The Hall–Kier alpha value is -2.19. The highest BCUT2D eigenvalue weighted by Crippen LogP contribution is 2.28. The molecular weight excluding hydrogens is 320 g/mol. The SMILES string of the molecule is COc1cc(Br)ccc1C(=O)C(C#N)c1cccnc1. The number of methoxy groups -OCH3 is 1. The molecule has 0 amide bonds. The molecule has 0 radical (unpaired) electrons. The van der Waals surface area contributed by atoms with Crippen molar-refractivity contribution < 1.29 is 9.53 Å². The highest BCUT2D eigenvalue weighted by Gasteiger charge is 2.24. The first-order valence-corrected chi connectivity index (χ1v) is 6.64. The molecule has 0 N–H and O–H groups in total. The van der Waals surface area contributed by atoms with Crippen molar-refractivity contribution in [2.24, 2.45) is 0 Å². The van der Waals surface area contributed by atoms with Gasteiger partial charge < -0.3 is 4.74 Å². The standard InChI is InChI=1S/C15H11BrN2O2/c1-20-14-7-11(16)4-5-12(14)15(19)13(8-17)10-3-2-6-18-9-10/h2-7,9,13H,1H3. The van der Waals surface area contributed by atoms with Crippen molar-refractivity contribution in [1.82, 2.24) is 4.98 Å². The number of benzene rings is 1. The molecule has 0 spiro atoms. The quantitative estimate of drug-likeness (QED) is 0.806. The van der Waals surface area contributed by atoms with Crippen LogP contribution >= 0.6 is 15.9 Å². The second-order valence-corrected chi connectivity index (χ2v) is 4.97. The Kier molecular flexibility index (Phi) is 4.49. The number of carbonyl (C=O) groups is 1. The van der Waals surface area contributed by atoms with E-state index in [-0.39, 0.29) is 5.78 Å². The number of Topliss-reactive ketones (excluding diaryl/α,β-unsaturated/α-hetero) is 1. The van der Waals surface area contributed by atoms with Gasteiger partial charge in [0.2, 0.25) is 0 Å². The fourth-order valence-corrected chi connectivity index (χ4v) is 2.20. The number of hydrogen-bond acceptors (Lipinski definition) is 4. The number of rotatable bonds is 4. The van der Waals surface area contributed by atoms with E-state index >= 15 is 0 Å². The zero-order chi connectivity index (χ0) is 14.5. The maximum atomic E-state index is 12.5. The van der Waals surface area contributed by atoms with Crippen molar-refractivity contribution in [2.45, 2.75) is 5.92 Å². The van der Waals surface area contributed by atoms with Gasteiger partial charge in [-0.25, -0.2) is 0 Å². The van der Waals surface area contributed by atoms with Gasteiger partial charge in [-0.15, -0.1) is 0 Å². The lowest BCUT2D eigenvalue weighted by molar-refractivity contribution is 0.0976. The number of nitrogens with zero attached hydrogens (tertiary/aromatic N) is 2. The molecule has 5 heteroatoms. The molecule has 20 heavy (non-hydrogen) atoms. The molecule has 1 unspecified atom stereocenters. The second kappa shape index (κ2) is 6.31. The second-order valence-electron chi connectivity index (χ2n) is 4.06. The normalized spacial score (nSPS) is 11.4. The largest absolute Gasteiger partial charge is 0.496 e. The molecule has 4 nitrogen and oxygen atoms in total. The number of ether oxygens (including phenoxy) is 1. The van der Waals surface area contributed by atoms with Crippen LogP contribution in [0.1, 0.15) is 21.8 Å². The summed E-state index contributed by atoms with van der Waals surface area (Å²) in [7, 11) is 1.49. The number of aromatic nitrogens is 1. The Balaban J connectivity index is 2.42. The van der Waals surface area contributed by atoms with Gasteiger partial charge in [0.15, 0.2) is 5.78 Å². The number of carbonyl (C=O) groups excluding carboxylic acids is 1. The molecule has 0 saturated heterocycles. The van der Waals surface area contributed by atoms with Crippen LogP contribution < -0.4 is 4.74 Å². The topological polar surface area (TPSA) is 63.0 Å². The van der Waals surface area contributed by atoms with Crippen LogP contribution in [-0.4, -0.2) is 17.9 Å². The third-order valence-electron chi connectivity index (χ3n) is 2.84. The summed E-state index contributed by atoms with van der Waals surface area (Å²) in [5, 5.41) is 9.28. The average Bonchev–Trinajstić information content (AvgIpc) is 2.48. The molecule has 1 aromatic heterocycles. The molecular formula is C15H11BrN2O2. The smallest absolute Gasteiger partial charge is 0.188 e. The summed E-state index contributed by atoms with van der Waals surface area (Å²) in [6, 6.07) is 10.5. The first-order valence-electron chi connectivity index (χ1n) is 5.84. The van der Waals surface area contributed by atoms with E-state index in [4.69, 9.17) is 4.74 Å². The molecule has 0 aliphatic carbocycles. The summed E-state index contributed by atoms with van der Waals surface area (Å²) >= 11 is 3.32. The third kappa shape index (κ3) is 2.86. The first kappa shape index (κ1) is 14.2. The highest BCUT2D eigenvalue weighted by atomic mass is 79.9. The van der Waals surface area contributed by atoms with Crippen LogP contribution in [0.4, 0.5) is 0 Å². The summed E-state index contributed by atoms with van der Waals surface area (Å²) in [6.45, 7) is 0. The zero-order valence-electron chi connectivity index (χ0n) is 10.7. The van der Waals surface area contributed by atoms with Crippen molar-refractivity contribution in [2.75, 3.05) is 7.11 Å². The summed E-state index contributed by atoms with van der Waals surface area (Å²) in [5.41, 5.74) is 0.955. The lowest BCUT2D eigenvalue weighted by Gasteiger charge is -2.11. The van der Waals surface area contributed by atoms with Crippen LogP contribution in [0.5, 0.6) is 5.75 Å². The Labute approximate surface area is 125 Å². The molecule has 0 bridgehead atoms. The van der Waals surface area contributed by atoms with E-state index < -0.39 is 5.92 Å². The predicted octanol–water partition coefficient (Wildman–Crippen LogP) is 3.34. The Bertz CT molecular complexity index is 665. The third-order valence-corrected chi connectivity index (χ3v) is 3.33. The van der Waals surface area contributed by atoms with E-state index in [1.54, 1.807) is 36.5 Å². The Morgan fingerprint density at radius 2 is 2.25 bits per heavy atom. The monoisotopic (exact) mass is 330 g/mol. The molecule has 0 fully saturated rings. The van der Waals surface area contributed by atoms with Gasteiger partial charge in [-0.05, 0) is 29.8 Å². The lowest BCUT2D eigenvalue weighted by atomic mass is 9.92. The molecule has 1 heterocycles. The zero-order valence-corrected chi connectivity index (χ0v) is 12.3. The number of nitriles is 1. The first-order chi connectivity index (χ1) is 9.67. The van der Waals surface area contributed by atoms with Gasteiger partial charge in [0.05, 0.1) is 18.7 Å². The summed E-state index contributed by atoms with van der Waals surface area (Å²) in [4.78, 5) is 16.5. The van der Waals surface area contributed by atoms with E-state index in [0.29, 0.717) is 16.9 Å². The van der Waals surface area contributed by atoms with Crippen LogP contribution in [0.2, 0.25) is 0 Å². The minimum absolute atomic E-state index is 0.301. The predicted molar refractivity (Wildman–Crippen MR) is 77.6 cm³/mol. The molecule has 1 atom stereocenters. The van der Waals surface area contributed by atoms with Crippen molar-refractivity contribution in [3.05, 3.63) is 58.3 Å². The molecule has 2 rings (SSSR count). The summed E-state index contributed by atoms with van der Waals surface area (Å²) in [5.74, 6) is -0.753. The van der Waals surface area contributed by atoms with Gasteiger partial charge in [0.25, 0.3) is 0 Å². The molecule has 1 aromatic carbocycles. The van der Waals surface area contributed by atoms with Crippen LogP contribution in [-0.2, 0) is 0 Å². The Morgan fingerprint density at radius 1 is 1.45 bits per heavy atom. The summed E-state index contributed by atoms with van der Waals surface area (Å²) in [6.07, 6.45) is 3.12. The number of ketones is 1. The van der Waals surface area contributed by atoms with Gasteiger partial charge in [0, 0.05) is 16.9 Å². The van der Waals surface area contributed by atoms with Gasteiger partial charge in [-0.1, -0.05) is 22.0 Å². The maximum Gasteiger partial charge on any atom is 0.188 e.